The molecule has 2 rings (SSSR count). The van der Waals surface area contributed by atoms with Crippen LogP contribution in [0.4, 0.5) is 5.69 Å². The highest BCUT2D eigenvalue weighted by Gasteiger charge is 2.33. The maximum atomic E-state index is 12.2. The highest BCUT2D eigenvalue weighted by atomic mass is 32.2. The molecule has 3 N–H and O–H groups in total. The van der Waals surface area contributed by atoms with Crippen LogP contribution in [0.25, 0.3) is 0 Å². The van der Waals surface area contributed by atoms with Gasteiger partial charge in [0.05, 0.1) is 4.90 Å². The Labute approximate surface area is 115 Å². The number of benzene rings is 1. The van der Waals surface area contributed by atoms with E-state index in [4.69, 9.17) is 5.73 Å². The van der Waals surface area contributed by atoms with E-state index in [2.05, 4.69) is 11.6 Å². The molecule has 1 aromatic rings. The Balaban J connectivity index is 2.12. The molecule has 0 heterocycles. The molecule has 0 spiro atoms. The Kier molecular flexibility index (Phi) is 3.87. The van der Waals surface area contributed by atoms with Crippen LogP contribution in [-0.2, 0) is 16.4 Å². The number of nitrogen functional groups attached to an aromatic ring is 1. The monoisotopic (exact) mass is 282 g/mol. The average Bonchev–Trinajstić information content (AvgIpc) is 2.34. The largest absolute Gasteiger partial charge is 0.398 e. The van der Waals surface area contributed by atoms with Gasteiger partial charge >= 0.3 is 0 Å². The third kappa shape index (κ3) is 3.09. The summed E-state index contributed by atoms with van der Waals surface area (Å²) in [4.78, 5) is 0.255. The molecule has 1 aliphatic rings. The van der Waals surface area contributed by atoms with Gasteiger partial charge in [-0.15, -0.1) is 0 Å². The smallest absolute Gasteiger partial charge is 0.240 e. The molecule has 0 saturated heterocycles. The number of nitrogens with one attached hydrogen (secondary N) is 1. The average molecular weight is 282 g/mol. The molecule has 5 heteroatoms. The number of hydrogen-bond donors (Lipinski definition) is 2. The van der Waals surface area contributed by atoms with Gasteiger partial charge in [-0.1, -0.05) is 26.3 Å². The van der Waals surface area contributed by atoms with Crippen LogP contribution in [0.15, 0.2) is 23.1 Å². The molecule has 1 aliphatic carbocycles. The second-order valence-corrected chi connectivity index (χ2v) is 7.47. The van der Waals surface area contributed by atoms with Gasteiger partial charge in [-0.2, -0.15) is 0 Å². The van der Waals surface area contributed by atoms with Crippen LogP contribution in [0.5, 0.6) is 0 Å². The van der Waals surface area contributed by atoms with E-state index in [0.29, 0.717) is 12.2 Å². The van der Waals surface area contributed by atoms with Gasteiger partial charge in [0.15, 0.2) is 0 Å². The molecule has 0 aliphatic heterocycles. The molecule has 0 radical (unpaired) electrons. The third-order valence-corrected chi connectivity index (χ3v) is 5.46. The first-order valence-corrected chi connectivity index (χ1v) is 8.23. The van der Waals surface area contributed by atoms with Crippen molar-refractivity contribution < 1.29 is 8.42 Å². The summed E-state index contributed by atoms with van der Waals surface area (Å²) < 4.78 is 27.1. The molecule has 0 aromatic heterocycles. The van der Waals surface area contributed by atoms with Crippen molar-refractivity contribution in [2.45, 2.75) is 44.4 Å². The van der Waals surface area contributed by atoms with Crippen LogP contribution < -0.4 is 10.5 Å². The zero-order chi connectivity index (χ0) is 14.1. The first-order chi connectivity index (χ1) is 8.86. The normalized spacial score (nSPS) is 18.0. The van der Waals surface area contributed by atoms with Gasteiger partial charge in [0, 0.05) is 12.2 Å². The van der Waals surface area contributed by atoms with Crippen LogP contribution in [0.3, 0.4) is 0 Å². The summed E-state index contributed by atoms with van der Waals surface area (Å²) >= 11 is 0. The van der Waals surface area contributed by atoms with E-state index in [1.807, 2.05) is 6.92 Å². The van der Waals surface area contributed by atoms with Crippen molar-refractivity contribution >= 4 is 15.7 Å². The van der Waals surface area contributed by atoms with E-state index >= 15 is 0 Å². The van der Waals surface area contributed by atoms with E-state index in [-0.39, 0.29) is 10.3 Å². The van der Waals surface area contributed by atoms with Gasteiger partial charge in [-0.3, -0.25) is 0 Å². The van der Waals surface area contributed by atoms with E-state index in [1.54, 1.807) is 18.2 Å². The van der Waals surface area contributed by atoms with Crippen molar-refractivity contribution in [2.75, 3.05) is 12.3 Å². The Bertz CT molecular complexity index is 563. The quantitative estimate of drug-likeness (QED) is 0.814. The van der Waals surface area contributed by atoms with Crippen molar-refractivity contribution in [1.29, 1.82) is 0 Å². The van der Waals surface area contributed by atoms with Crippen LogP contribution in [0.2, 0.25) is 0 Å². The molecule has 0 amide bonds. The molecule has 4 nitrogen and oxygen atoms in total. The molecular formula is C14H22N2O2S. The molecule has 0 bridgehead atoms. The summed E-state index contributed by atoms with van der Waals surface area (Å²) in [7, 11) is -3.45. The molecule has 0 unspecified atom stereocenters. The van der Waals surface area contributed by atoms with Gasteiger partial charge in [-0.05, 0) is 42.4 Å². The first-order valence-electron chi connectivity index (χ1n) is 6.74. The van der Waals surface area contributed by atoms with Crippen molar-refractivity contribution in [2.24, 2.45) is 5.41 Å². The van der Waals surface area contributed by atoms with Gasteiger partial charge in [-0.25, -0.2) is 13.1 Å². The van der Waals surface area contributed by atoms with E-state index < -0.39 is 10.0 Å². The SMILES string of the molecule is CCc1ccc(S(=O)(=O)NCC2(C)CCC2)cc1N. The highest BCUT2D eigenvalue weighted by Crippen LogP contribution is 2.39. The fourth-order valence-corrected chi connectivity index (χ4v) is 3.61. The minimum Gasteiger partial charge on any atom is -0.398 e. The van der Waals surface area contributed by atoms with Gasteiger partial charge in [0.2, 0.25) is 10.0 Å². The lowest BCUT2D eigenvalue weighted by Gasteiger charge is -2.38. The van der Waals surface area contributed by atoms with E-state index in [9.17, 15) is 8.42 Å². The Morgan fingerprint density at radius 2 is 2.05 bits per heavy atom. The van der Waals surface area contributed by atoms with Crippen molar-refractivity contribution in [3.05, 3.63) is 23.8 Å². The first kappa shape index (κ1) is 14.3. The molecule has 106 valence electrons. The molecule has 1 saturated carbocycles. The lowest BCUT2D eigenvalue weighted by Crippen LogP contribution is -2.39. The van der Waals surface area contributed by atoms with Crippen molar-refractivity contribution in [1.82, 2.24) is 4.72 Å². The number of aryl methyl sites for hydroxylation is 1. The predicted octanol–water partition coefficient (Wildman–Crippen LogP) is 2.30. The molecular weight excluding hydrogens is 260 g/mol. The number of anilines is 1. The van der Waals surface area contributed by atoms with Crippen LogP contribution in [-0.4, -0.2) is 15.0 Å². The number of hydrogen-bond acceptors (Lipinski definition) is 3. The Hall–Kier alpha value is -1.07. The fourth-order valence-electron chi connectivity index (χ4n) is 2.37. The minimum atomic E-state index is -3.45. The summed E-state index contributed by atoms with van der Waals surface area (Å²) in [5.41, 5.74) is 7.50. The molecule has 1 aromatic carbocycles. The van der Waals surface area contributed by atoms with Crippen molar-refractivity contribution in [3.8, 4) is 0 Å². The number of rotatable bonds is 5. The third-order valence-electron chi connectivity index (χ3n) is 4.06. The molecule has 1 fully saturated rings. The number of sulfonamides is 1. The summed E-state index contributed by atoms with van der Waals surface area (Å²) in [6.45, 7) is 4.62. The lowest BCUT2D eigenvalue weighted by atomic mass is 9.71. The standard InChI is InChI=1S/C14H22N2O2S/c1-3-11-5-6-12(9-13(11)15)19(17,18)16-10-14(2)7-4-8-14/h5-6,9,16H,3-4,7-8,10,15H2,1-2H3. The summed E-state index contributed by atoms with van der Waals surface area (Å²) in [6, 6.07) is 4.96. The van der Waals surface area contributed by atoms with Gasteiger partial charge < -0.3 is 5.73 Å². The van der Waals surface area contributed by atoms with Crippen LogP contribution in [0.1, 0.15) is 38.7 Å². The summed E-state index contributed by atoms with van der Waals surface area (Å²) in [5, 5.41) is 0. The second-order valence-electron chi connectivity index (χ2n) is 5.70. The highest BCUT2D eigenvalue weighted by molar-refractivity contribution is 7.89. The van der Waals surface area contributed by atoms with Gasteiger partial charge in [0.25, 0.3) is 0 Å². The summed E-state index contributed by atoms with van der Waals surface area (Å²) in [5.74, 6) is 0. The van der Waals surface area contributed by atoms with Crippen LogP contribution in [0, 0.1) is 5.41 Å². The van der Waals surface area contributed by atoms with E-state index in [1.165, 1.54) is 6.42 Å². The number of nitrogens with two attached hydrogens (primary N) is 1. The molecule has 19 heavy (non-hydrogen) atoms. The van der Waals surface area contributed by atoms with E-state index in [0.717, 1.165) is 24.8 Å². The maximum absolute atomic E-state index is 12.2. The zero-order valence-electron chi connectivity index (χ0n) is 11.6. The zero-order valence-corrected chi connectivity index (χ0v) is 12.4. The van der Waals surface area contributed by atoms with Crippen molar-refractivity contribution in [3.63, 3.8) is 0 Å². The maximum Gasteiger partial charge on any atom is 0.240 e. The van der Waals surface area contributed by atoms with Crippen LogP contribution >= 0.6 is 0 Å². The lowest BCUT2D eigenvalue weighted by molar-refractivity contribution is 0.166. The topological polar surface area (TPSA) is 72.2 Å². The Morgan fingerprint density at radius 3 is 2.53 bits per heavy atom. The Morgan fingerprint density at radius 1 is 1.37 bits per heavy atom. The minimum absolute atomic E-state index is 0.127. The summed E-state index contributed by atoms with van der Waals surface area (Å²) in [6.07, 6.45) is 4.17. The predicted molar refractivity (Wildman–Crippen MR) is 77.4 cm³/mol. The second kappa shape index (κ2) is 5.13. The molecule has 0 atom stereocenters. The fraction of sp³-hybridized carbons (Fsp3) is 0.571. The van der Waals surface area contributed by atoms with Gasteiger partial charge in [0.1, 0.15) is 0 Å².